The van der Waals surface area contributed by atoms with Crippen LogP contribution in [-0.2, 0) is 6.61 Å². The fourth-order valence-electron chi connectivity index (χ4n) is 3.33. The van der Waals surface area contributed by atoms with E-state index in [-0.39, 0.29) is 18.4 Å². The summed E-state index contributed by atoms with van der Waals surface area (Å²) in [5.41, 5.74) is 1.38. The molecule has 0 bridgehead atoms. The molecule has 3 aromatic rings. The van der Waals surface area contributed by atoms with Crippen molar-refractivity contribution in [1.82, 2.24) is 9.80 Å². The number of carbonyl (C=O) groups excluding carboxylic acids is 2. The van der Waals surface area contributed by atoms with Crippen LogP contribution in [0.4, 0.5) is 0 Å². The van der Waals surface area contributed by atoms with Gasteiger partial charge in [0.05, 0.1) is 6.26 Å². The van der Waals surface area contributed by atoms with Crippen LogP contribution < -0.4 is 4.74 Å². The Morgan fingerprint density at radius 1 is 0.793 bits per heavy atom. The summed E-state index contributed by atoms with van der Waals surface area (Å²) in [6.45, 7) is 2.19. The maximum atomic E-state index is 12.9. The number of nitrogens with zero attached hydrogens (tertiary/aromatic N) is 2. The molecule has 0 spiro atoms. The van der Waals surface area contributed by atoms with Crippen LogP contribution in [0.1, 0.15) is 26.5 Å². The minimum absolute atomic E-state index is 0.00681. The van der Waals surface area contributed by atoms with Gasteiger partial charge in [0.15, 0.2) is 5.76 Å². The molecule has 6 heteroatoms. The molecular weight excluding hydrogens is 368 g/mol. The first-order valence-corrected chi connectivity index (χ1v) is 9.60. The van der Waals surface area contributed by atoms with E-state index in [4.69, 9.17) is 9.15 Å². The molecule has 0 radical (unpaired) electrons. The van der Waals surface area contributed by atoms with Gasteiger partial charge < -0.3 is 19.0 Å². The van der Waals surface area contributed by atoms with E-state index >= 15 is 0 Å². The van der Waals surface area contributed by atoms with Crippen molar-refractivity contribution in [3.05, 3.63) is 89.9 Å². The summed E-state index contributed by atoms with van der Waals surface area (Å²) in [4.78, 5) is 29.0. The molecule has 148 valence electrons. The van der Waals surface area contributed by atoms with Gasteiger partial charge in [0.25, 0.3) is 11.8 Å². The Bertz CT molecular complexity index is 961. The molecule has 0 atom stereocenters. The zero-order valence-corrected chi connectivity index (χ0v) is 16.0. The molecule has 2 aromatic carbocycles. The average Bonchev–Trinajstić information content (AvgIpc) is 3.27. The number of ether oxygens (including phenoxy) is 1. The van der Waals surface area contributed by atoms with Crippen molar-refractivity contribution in [2.24, 2.45) is 0 Å². The second-order valence-electron chi connectivity index (χ2n) is 6.83. The topological polar surface area (TPSA) is 63.0 Å². The van der Waals surface area contributed by atoms with Gasteiger partial charge in [-0.3, -0.25) is 9.59 Å². The Balaban J connectivity index is 1.35. The van der Waals surface area contributed by atoms with Gasteiger partial charge in [0.2, 0.25) is 0 Å². The molecule has 1 aromatic heterocycles. The first kappa shape index (κ1) is 18.8. The average molecular weight is 390 g/mol. The lowest BCUT2D eigenvalue weighted by molar-refractivity contribution is 0.0516. The molecule has 1 aliphatic heterocycles. The van der Waals surface area contributed by atoms with Crippen LogP contribution >= 0.6 is 0 Å². The summed E-state index contributed by atoms with van der Waals surface area (Å²) in [6, 6.07) is 20.4. The van der Waals surface area contributed by atoms with E-state index in [0.29, 0.717) is 43.1 Å². The molecular formula is C23H22N2O4. The highest BCUT2D eigenvalue weighted by Gasteiger charge is 2.28. The number of rotatable bonds is 5. The van der Waals surface area contributed by atoms with Gasteiger partial charge >= 0.3 is 0 Å². The Labute approximate surface area is 169 Å². The number of hydrogen-bond acceptors (Lipinski definition) is 4. The summed E-state index contributed by atoms with van der Waals surface area (Å²) >= 11 is 0. The maximum Gasteiger partial charge on any atom is 0.290 e. The third-order valence-corrected chi connectivity index (χ3v) is 4.95. The molecule has 1 saturated heterocycles. The van der Waals surface area contributed by atoms with Gasteiger partial charge in [0.1, 0.15) is 12.4 Å². The van der Waals surface area contributed by atoms with Crippen molar-refractivity contribution >= 4 is 11.8 Å². The molecule has 0 saturated carbocycles. The molecule has 0 unspecified atom stereocenters. The number of para-hydroxylation sites is 1. The summed E-state index contributed by atoms with van der Waals surface area (Å²) in [5.74, 6) is 0.852. The lowest BCUT2D eigenvalue weighted by atomic mass is 10.1. The van der Waals surface area contributed by atoms with Crippen LogP contribution in [0.3, 0.4) is 0 Å². The third kappa shape index (κ3) is 4.32. The number of furan rings is 1. The largest absolute Gasteiger partial charge is 0.489 e. The summed E-state index contributed by atoms with van der Waals surface area (Å²) in [7, 11) is 0. The van der Waals surface area contributed by atoms with Crippen molar-refractivity contribution in [1.29, 1.82) is 0 Å². The number of benzene rings is 2. The van der Waals surface area contributed by atoms with Crippen LogP contribution in [0.5, 0.6) is 5.75 Å². The third-order valence-electron chi connectivity index (χ3n) is 4.95. The van der Waals surface area contributed by atoms with Crippen molar-refractivity contribution in [2.75, 3.05) is 26.2 Å². The Morgan fingerprint density at radius 3 is 2.03 bits per heavy atom. The molecule has 4 rings (SSSR count). The fourth-order valence-corrected chi connectivity index (χ4v) is 3.33. The normalized spacial score (nSPS) is 13.9. The van der Waals surface area contributed by atoms with E-state index in [0.717, 1.165) is 5.75 Å². The molecule has 0 aliphatic carbocycles. The van der Waals surface area contributed by atoms with Gasteiger partial charge in [0, 0.05) is 37.3 Å². The van der Waals surface area contributed by atoms with E-state index in [1.165, 1.54) is 6.26 Å². The smallest absolute Gasteiger partial charge is 0.290 e. The molecule has 1 fully saturated rings. The molecule has 2 amide bonds. The Morgan fingerprint density at radius 2 is 1.38 bits per heavy atom. The van der Waals surface area contributed by atoms with Crippen molar-refractivity contribution < 1.29 is 18.7 Å². The number of carbonyl (C=O) groups is 2. The lowest BCUT2D eigenvalue weighted by Crippen LogP contribution is -2.50. The molecule has 2 heterocycles. The zero-order valence-electron chi connectivity index (χ0n) is 16.0. The molecule has 6 nitrogen and oxygen atoms in total. The number of amides is 2. The first-order chi connectivity index (χ1) is 14.2. The first-order valence-electron chi connectivity index (χ1n) is 9.60. The minimum atomic E-state index is -0.173. The van der Waals surface area contributed by atoms with Gasteiger partial charge in [-0.1, -0.05) is 36.4 Å². The van der Waals surface area contributed by atoms with Crippen LogP contribution in [-0.4, -0.2) is 47.8 Å². The highest BCUT2D eigenvalue weighted by molar-refractivity contribution is 5.95. The fraction of sp³-hybridized carbons (Fsp3) is 0.217. The van der Waals surface area contributed by atoms with Gasteiger partial charge in [-0.25, -0.2) is 0 Å². The number of piperazine rings is 1. The van der Waals surface area contributed by atoms with Crippen molar-refractivity contribution in [3.63, 3.8) is 0 Å². The van der Waals surface area contributed by atoms with Crippen LogP contribution in [0, 0.1) is 0 Å². The van der Waals surface area contributed by atoms with E-state index in [1.807, 2.05) is 60.7 Å². The highest BCUT2D eigenvalue weighted by Crippen LogP contribution is 2.19. The van der Waals surface area contributed by atoms with E-state index in [2.05, 4.69) is 0 Å². The predicted molar refractivity (Wildman–Crippen MR) is 108 cm³/mol. The zero-order chi connectivity index (χ0) is 20.1. The maximum absolute atomic E-state index is 12.9. The van der Waals surface area contributed by atoms with Gasteiger partial charge in [-0.05, 0) is 30.3 Å². The molecule has 1 aliphatic rings. The predicted octanol–water partition coefficient (Wildman–Crippen LogP) is 3.46. The van der Waals surface area contributed by atoms with Crippen molar-refractivity contribution in [3.8, 4) is 5.75 Å². The summed E-state index contributed by atoms with van der Waals surface area (Å²) in [5, 5.41) is 0. The van der Waals surface area contributed by atoms with Crippen LogP contribution in [0.25, 0.3) is 0 Å². The van der Waals surface area contributed by atoms with Crippen LogP contribution in [0.15, 0.2) is 77.4 Å². The van der Waals surface area contributed by atoms with E-state index < -0.39 is 0 Å². The van der Waals surface area contributed by atoms with Crippen molar-refractivity contribution in [2.45, 2.75) is 6.61 Å². The Hall–Kier alpha value is -3.54. The monoisotopic (exact) mass is 390 g/mol. The summed E-state index contributed by atoms with van der Waals surface area (Å²) < 4.78 is 11.2. The van der Waals surface area contributed by atoms with Gasteiger partial charge in [-0.15, -0.1) is 0 Å². The lowest BCUT2D eigenvalue weighted by Gasteiger charge is -2.34. The second kappa shape index (κ2) is 8.65. The Kier molecular flexibility index (Phi) is 5.61. The van der Waals surface area contributed by atoms with E-state index in [9.17, 15) is 9.59 Å². The highest BCUT2D eigenvalue weighted by atomic mass is 16.5. The second-order valence-corrected chi connectivity index (χ2v) is 6.83. The molecule has 0 N–H and O–H groups in total. The summed E-state index contributed by atoms with van der Waals surface area (Å²) in [6.07, 6.45) is 1.51. The van der Waals surface area contributed by atoms with E-state index in [1.54, 1.807) is 15.9 Å². The molecule has 29 heavy (non-hydrogen) atoms. The van der Waals surface area contributed by atoms with Gasteiger partial charge in [-0.2, -0.15) is 0 Å². The standard InChI is InChI=1S/C23H22N2O4/c26-22(18-7-3-1-4-8-18)24-12-14-25(15-13-24)23(27)21-19(11-16-28-21)17-29-20-9-5-2-6-10-20/h1-11,16H,12-15,17H2. The quantitative estimate of drug-likeness (QED) is 0.669. The minimum Gasteiger partial charge on any atom is -0.489 e. The van der Waals surface area contributed by atoms with Crippen LogP contribution in [0.2, 0.25) is 0 Å². The number of hydrogen-bond donors (Lipinski definition) is 0. The SMILES string of the molecule is O=C(c1ccccc1)N1CCN(C(=O)c2occc2COc2ccccc2)CC1.